The quantitative estimate of drug-likeness (QED) is 0.772. The van der Waals surface area contributed by atoms with Crippen LogP contribution in [0.5, 0.6) is 5.75 Å². The van der Waals surface area contributed by atoms with Gasteiger partial charge in [-0.1, -0.05) is 6.07 Å². The lowest BCUT2D eigenvalue weighted by molar-refractivity contribution is 0.413. The summed E-state index contributed by atoms with van der Waals surface area (Å²) in [7, 11) is 1.61. The Labute approximate surface area is 94.1 Å². The second-order valence-corrected chi connectivity index (χ2v) is 3.33. The minimum Gasteiger partial charge on any atom is -0.495 e. The molecule has 0 aliphatic rings. The molecule has 2 rings (SSSR count). The van der Waals surface area contributed by atoms with Gasteiger partial charge in [0, 0.05) is 11.4 Å². The zero-order chi connectivity index (χ0) is 11.4. The van der Waals surface area contributed by atoms with Gasteiger partial charge in [0.25, 0.3) is 0 Å². The monoisotopic (exact) mass is 215 g/mol. The molecule has 4 nitrogen and oxygen atoms in total. The van der Waals surface area contributed by atoms with E-state index in [4.69, 9.17) is 10.5 Å². The number of rotatable bonds is 3. The molecule has 0 unspecified atom stereocenters. The van der Waals surface area contributed by atoms with Crippen molar-refractivity contribution in [3.8, 4) is 5.75 Å². The van der Waals surface area contributed by atoms with E-state index >= 15 is 0 Å². The fourth-order valence-corrected chi connectivity index (χ4v) is 1.34. The number of hydrogen-bond acceptors (Lipinski definition) is 4. The summed E-state index contributed by atoms with van der Waals surface area (Å²) in [5.41, 5.74) is 7.31. The van der Waals surface area contributed by atoms with E-state index in [0.29, 0.717) is 0 Å². The highest BCUT2D eigenvalue weighted by Crippen LogP contribution is 2.18. The molecule has 1 aromatic heterocycles. The van der Waals surface area contributed by atoms with Crippen LogP contribution in [0.1, 0.15) is 0 Å². The third-order valence-corrected chi connectivity index (χ3v) is 2.13. The molecule has 3 N–H and O–H groups in total. The van der Waals surface area contributed by atoms with E-state index in [-0.39, 0.29) is 0 Å². The predicted molar refractivity (Wildman–Crippen MR) is 64.9 cm³/mol. The highest BCUT2D eigenvalue weighted by Gasteiger charge is 1.97. The molecule has 16 heavy (non-hydrogen) atoms. The van der Waals surface area contributed by atoms with Crippen molar-refractivity contribution in [2.45, 2.75) is 0 Å². The van der Waals surface area contributed by atoms with E-state index in [0.717, 1.165) is 22.9 Å². The van der Waals surface area contributed by atoms with Crippen LogP contribution in [0.4, 0.5) is 17.2 Å². The molecule has 0 aliphatic carbocycles. The molecule has 0 bridgehead atoms. The van der Waals surface area contributed by atoms with E-state index in [9.17, 15) is 0 Å². The number of aromatic nitrogens is 1. The van der Waals surface area contributed by atoms with E-state index in [1.165, 1.54) is 0 Å². The Morgan fingerprint density at radius 2 is 2.12 bits per heavy atom. The third-order valence-electron chi connectivity index (χ3n) is 2.13. The van der Waals surface area contributed by atoms with Crippen molar-refractivity contribution >= 4 is 17.2 Å². The highest BCUT2D eigenvalue weighted by molar-refractivity contribution is 5.61. The fourth-order valence-electron chi connectivity index (χ4n) is 1.34. The first-order valence-electron chi connectivity index (χ1n) is 4.90. The minimum absolute atomic E-state index is 0.721. The van der Waals surface area contributed by atoms with Crippen LogP contribution < -0.4 is 15.8 Å². The van der Waals surface area contributed by atoms with Crippen molar-refractivity contribution in [3.63, 3.8) is 0 Å². The Morgan fingerprint density at radius 3 is 2.75 bits per heavy atom. The van der Waals surface area contributed by atoms with Crippen molar-refractivity contribution in [1.82, 2.24) is 4.98 Å². The van der Waals surface area contributed by atoms with Crippen LogP contribution in [0.2, 0.25) is 0 Å². The largest absolute Gasteiger partial charge is 0.495 e. The number of pyridine rings is 1. The normalized spacial score (nSPS) is 9.81. The number of benzene rings is 1. The lowest BCUT2D eigenvalue weighted by Gasteiger charge is -2.06. The predicted octanol–water partition coefficient (Wildman–Crippen LogP) is 2.42. The second-order valence-electron chi connectivity index (χ2n) is 3.33. The maximum absolute atomic E-state index is 5.68. The topological polar surface area (TPSA) is 60.2 Å². The summed E-state index contributed by atoms with van der Waals surface area (Å²) in [6.45, 7) is 0. The van der Waals surface area contributed by atoms with Crippen LogP contribution >= 0.6 is 0 Å². The molecule has 4 heteroatoms. The lowest BCUT2D eigenvalue weighted by Crippen LogP contribution is -1.94. The van der Waals surface area contributed by atoms with Crippen LogP contribution in [0.25, 0.3) is 0 Å². The Kier molecular flexibility index (Phi) is 2.91. The number of hydrogen-bond donors (Lipinski definition) is 2. The summed E-state index contributed by atoms with van der Waals surface area (Å²) in [5.74, 6) is 1.49. The van der Waals surface area contributed by atoms with Crippen molar-refractivity contribution in [2.75, 3.05) is 18.2 Å². The molecule has 0 spiro atoms. The van der Waals surface area contributed by atoms with E-state index in [1.807, 2.05) is 36.4 Å². The van der Waals surface area contributed by atoms with Gasteiger partial charge in [0.1, 0.15) is 11.6 Å². The number of ether oxygens (including phenoxy) is 1. The van der Waals surface area contributed by atoms with Gasteiger partial charge in [-0.05, 0) is 30.3 Å². The van der Waals surface area contributed by atoms with Gasteiger partial charge in [0.05, 0.1) is 13.3 Å². The summed E-state index contributed by atoms with van der Waals surface area (Å²) < 4.78 is 5.03. The number of nitrogens with one attached hydrogen (secondary N) is 1. The average Bonchev–Trinajstić information content (AvgIpc) is 2.30. The minimum atomic E-state index is 0.721. The summed E-state index contributed by atoms with van der Waals surface area (Å²) >= 11 is 0. The first-order chi connectivity index (χ1) is 7.78. The molecule has 0 amide bonds. The zero-order valence-electron chi connectivity index (χ0n) is 8.97. The molecule has 82 valence electrons. The molecular weight excluding hydrogens is 202 g/mol. The second kappa shape index (κ2) is 4.53. The summed E-state index contributed by atoms with van der Waals surface area (Å²) in [6, 6.07) is 11.2. The van der Waals surface area contributed by atoms with Gasteiger partial charge >= 0.3 is 0 Å². The number of nitrogens with two attached hydrogens (primary N) is 1. The van der Waals surface area contributed by atoms with Crippen LogP contribution in [-0.2, 0) is 0 Å². The molecule has 1 heterocycles. The Morgan fingerprint density at radius 1 is 1.25 bits per heavy atom. The van der Waals surface area contributed by atoms with Gasteiger partial charge in [-0.2, -0.15) is 0 Å². The first-order valence-corrected chi connectivity index (χ1v) is 4.90. The summed E-state index contributed by atoms with van der Waals surface area (Å²) in [6.07, 6.45) is 1.66. The zero-order valence-corrected chi connectivity index (χ0v) is 8.97. The summed E-state index contributed by atoms with van der Waals surface area (Å²) in [5, 5.41) is 3.15. The van der Waals surface area contributed by atoms with Gasteiger partial charge in [-0.15, -0.1) is 0 Å². The molecule has 0 aliphatic heterocycles. The number of anilines is 3. The van der Waals surface area contributed by atoms with Crippen LogP contribution in [-0.4, -0.2) is 12.1 Å². The van der Waals surface area contributed by atoms with Crippen LogP contribution in [0, 0.1) is 0 Å². The molecule has 0 saturated carbocycles. The number of methoxy groups -OCH3 is 1. The van der Waals surface area contributed by atoms with Crippen LogP contribution in [0.15, 0.2) is 42.6 Å². The standard InChI is InChI=1S/C12H13N3O/c1-16-11-5-6-12(14-8-11)15-10-4-2-3-9(13)7-10/h2-8H,13H2,1H3,(H,14,15). The van der Waals surface area contributed by atoms with Gasteiger partial charge in [0.15, 0.2) is 0 Å². The molecule has 0 fully saturated rings. The Hall–Kier alpha value is -2.23. The molecular formula is C12H13N3O. The molecule has 0 saturated heterocycles. The number of nitrogens with zero attached hydrogens (tertiary/aromatic N) is 1. The van der Waals surface area contributed by atoms with Gasteiger partial charge in [-0.3, -0.25) is 0 Å². The molecule has 0 radical (unpaired) electrons. The van der Waals surface area contributed by atoms with E-state index in [1.54, 1.807) is 13.3 Å². The lowest BCUT2D eigenvalue weighted by atomic mass is 10.3. The molecule has 1 aromatic carbocycles. The average molecular weight is 215 g/mol. The van der Waals surface area contributed by atoms with E-state index in [2.05, 4.69) is 10.3 Å². The first kappa shape index (κ1) is 10.3. The van der Waals surface area contributed by atoms with Crippen molar-refractivity contribution in [2.24, 2.45) is 0 Å². The Balaban J connectivity index is 2.14. The van der Waals surface area contributed by atoms with Crippen LogP contribution in [0.3, 0.4) is 0 Å². The van der Waals surface area contributed by atoms with E-state index < -0.39 is 0 Å². The van der Waals surface area contributed by atoms with Gasteiger partial charge < -0.3 is 15.8 Å². The third kappa shape index (κ3) is 2.42. The van der Waals surface area contributed by atoms with Crippen molar-refractivity contribution < 1.29 is 4.74 Å². The molecule has 0 atom stereocenters. The highest BCUT2D eigenvalue weighted by atomic mass is 16.5. The maximum atomic E-state index is 5.68. The SMILES string of the molecule is COc1ccc(Nc2cccc(N)c2)nc1. The maximum Gasteiger partial charge on any atom is 0.137 e. The van der Waals surface area contributed by atoms with Gasteiger partial charge in [0.2, 0.25) is 0 Å². The smallest absolute Gasteiger partial charge is 0.137 e. The Bertz CT molecular complexity index is 468. The number of nitrogen functional groups attached to an aromatic ring is 1. The fraction of sp³-hybridized carbons (Fsp3) is 0.0833. The summed E-state index contributed by atoms with van der Waals surface area (Å²) in [4.78, 5) is 4.20. The van der Waals surface area contributed by atoms with Crippen molar-refractivity contribution in [1.29, 1.82) is 0 Å². The molecule has 2 aromatic rings. The van der Waals surface area contributed by atoms with Crippen molar-refractivity contribution in [3.05, 3.63) is 42.6 Å². The van der Waals surface area contributed by atoms with Gasteiger partial charge in [-0.25, -0.2) is 4.98 Å².